The Morgan fingerprint density at radius 2 is 1.90 bits per heavy atom. The molecule has 0 aliphatic heterocycles. The van der Waals surface area contributed by atoms with Gasteiger partial charge in [0.15, 0.2) is 13.2 Å². The van der Waals surface area contributed by atoms with Crippen LogP contribution in [0.5, 0.6) is 5.75 Å². The van der Waals surface area contributed by atoms with E-state index in [2.05, 4.69) is 10.1 Å². The number of para-hydroxylation sites is 1. The quantitative estimate of drug-likeness (QED) is 0.767. The molecule has 2 N–H and O–H groups in total. The Kier molecular flexibility index (Phi) is 7.03. The zero-order valence-electron chi connectivity index (χ0n) is 11.3. The van der Waals surface area contributed by atoms with Crippen LogP contribution in [0.15, 0.2) is 24.3 Å². The second-order valence-electron chi connectivity index (χ2n) is 3.79. The third-order valence-corrected chi connectivity index (χ3v) is 2.45. The van der Waals surface area contributed by atoms with Gasteiger partial charge in [-0.1, -0.05) is 23.7 Å². The molecule has 21 heavy (non-hydrogen) atoms. The third-order valence-electron chi connectivity index (χ3n) is 2.14. The zero-order chi connectivity index (χ0) is 15.7. The van der Waals surface area contributed by atoms with Gasteiger partial charge in [-0.25, -0.2) is 9.59 Å². The van der Waals surface area contributed by atoms with Crippen molar-refractivity contribution in [2.75, 3.05) is 19.8 Å². The number of nitrogens with one attached hydrogen (secondary N) is 2. The number of hydrogen-bond donors (Lipinski definition) is 2. The highest BCUT2D eigenvalue weighted by molar-refractivity contribution is 6.32. The van der Waals surface area contributed by atoms with Crippen molar-refractivity contribution in [1.29, 1.82) is 0 Å². The summed E-state index contributed by atoms with van der Waals surface area (Å²) in [5, 5.41) is 4.72. The van der Waals surface area contributed by atoms with Gasteiger partial charge in [-0.3, -0.25) is 10.1 Å². The number of imide groups is 1. The van der Waals surface area contributed by atoms with E-state index < -0.39 is 31.1 Å². The van der Waals surface area contributed by atoms with E-state index in [9.17, 15) is 14.4 Å². The molecule has 114 valence electrons. The molecule has 1 rings (SSSR count). The standard InChI is InChI=1S/C13H15ClN2O5/c1-2-15-13(19)16-11(17)7-21-12(18)8-20-10-6-4-3-5-9(10)14/h3-6H,2,7-8H2,1H3,(H2,15,16,17,19). The van der Waals surface area contributed by atoms with E-state index in [-0.39, 0.29) is 0 Å². The van der Waals surface area contributed by atoms with Crippen LogP contribution in [-0.2, 0) is 14.3 Å². The highest BCUT2D eigenvalue weighted by atomic mass is 35.5. The average Bonchev–Trinajstić information content (AvgIpc) is 2.44. The Morgan fingerprint density at radius 3 is 2.57 bits per heavy atom. The van der Waals surface area contributed by atoms with Gasteiger partial charge in [0.2, 0.25) is 0 Å². The van der Waals surface area contributed by atoms with Crippen molar-refractivity contribution in [3.8, 4) is 5.75 Å². The molecule has 1 aromatic rings. The van der Waals surface area contributed by atoms with Crippen LogP contribution in [-0.4, -0.2) is 37.7 Å². The second kappa shape index (κ2) is 8.80. The fourth-order valence-corrected chi connectivity index (χ4v) is 1.44. The molecule has 7 nitrogen and oxygen atoms in total. The summed E-state index contributed by atoms with van der Waals surface area (Å²) in [7, 11) is 0. The third kappa shape index (κ3) is 6.62. The second-order valence-corrected chi connectivity index (χ2v) is 4.19. The van der Waals surface area contributed by atoms with Gasteiger partial charge in [0.25, 0.3) is 5.91 Å². The molecule has 0 radical (unpaired) electrons. The van der Waals surface area contributed by atoms with Crippen LogP contribution in [0.25, 0.3) is 0 Å². The molecule has 0 saturated carbocycles. The van der Waals surface area contributed by atoms with Crippen molar-refractivity contribution in [3.63, 3.8) is 0 Å². The Labute approximate surface area is 126 Å². The largest absolute Gasteiger partial charge is 0.480 e. The van der Waals surface area contributed by atoms with Gasteiger partial charge in [-0.15, -0.1) is 0 Å². The lowest BCUT2D eigenvalue weighted by atomic mass is 10.3. The minimum Gasteiger partial charge on any atom is -0.480 e. The number of amides is 3. The van der Waals surface area contributed by atoms with E-state index >= 15 is 0 Å². The molecular weight excluding hydrogens is 300 g/mol. The molecule has 0 aliphatic carbocycles. The molecule has 0 spiro atoms. The minimum atomic E-state index is -0.749. The van der Waals surface area contributed by atoms with Gasteiger partial charge < -0.3 is 14.8 Å². The van der Waals surface area contributed by atoms with Gasteiger partial charge in [0, 0.05) is 6.54 Å². The first-order chi connectivity index (χ1) is 10.0. The summed E-state index contributed by atoms with van der Waals surface area (Å²) in [4.78, 5) is 33.6. The van der Waals surface area contributed by atoms with Crippen LogP contribution < -0.4 is 15.4 Å². The summed E-state index contributed by atoms with van der Waals surface area (Å²) in [5.41, 5.74) is 0. The molecule has 0 aliphatic rings. The number of hydrogen-bond acceptors (Lipinski definition) is 5. The van der Waals surface area contributed by atoms with E-state index in [4.69, 9.17) is 16.3 Å². The van der Waals surface area contributed by atoms with Gasteiger partial charge in [0.1, 0.15) is 5.75 Å². The van der Waals surface area contributed by atoms with E-state index in [1.54, 1.807) is 31.2 Å². The predicted molar refractivity (Wildman–Crippen MR) is 75.1 cm³/mol. The van der Waals surface area contributed by atoms with Crippen LogP contribution in [0.3, 0.4) is 0 Å². The number of esters is 1. The number of urea groups is 1. The van der Waals surface area contributed by atoms with Crippen molar-refractivity contribution in [1.82, 2.24) is 10.6 Å². The number of halogens is 1. The topological polar surface area (TPSA) is 93.7 Å². The Morgan fingerprint density at radius 1 is 1.19 bits per heavy atom. The summed E-state index contributed by atoms with van der Waals surface area (Å²) in [6.45, 7) is 1.13. The number of carbonyl (C=O) groups is 3. The first-order valence-electron chi connectivity index (χ1n) is 6.13. The SMILES string of the molecule is CCNC(=O)NC(=O)COC(=O)COc1ccccc1Cl. The molecule has 0 unspecified atom stereocenters. The lowest BCUT2D eigenvalue weighted by Gasteiger charge is -2.08. The maximum Gasteiger partial charge on any atom is 0.344 e. The molecule has 0 atom stereocenters. The Bertz CT molecular complexity index is 521. The number of carbonyl (C=O) groups excluding carboxylic acids is 3. The maximum atomic E-state index is 11.4. The fourth-order valence-electron chi connectivity index (χ4n) is 1.25. The summed E-state index contributed by atoms with van der Waals surface area (Å²) < 4.78 is 9.78. The molecule has 0 saturated heterocycles. The molecule has 8 heteroatoms. The summed E-state index contributed by atoms with van der Waals surface area (Å²) in [6.07, 6.45) is 0. The van der Waals surface area contributed by atoms with E-state index in [1.807, 2.05) is 5.32 Å². The molecule has 0 fully saturated rings. The number of rotatable bonds is 6. The Balaban J connectivity index is 2.27. The van der Waals surface area contributed by atoms with Crippen LogP contribution in [0.4, 0.5) is 4.79 Å². The first-order valence-corrected chi connectivity index (χ1v) is 6.51. The maximum absolute atomic E-state index is 11.4. The monoisotopic (exact) mass is 314 g/mol. The fraction of sp³-hybridized carbons (Fsp3) is 0.308. The van der Waals surface area contributed by atoms with Crippen LogP contribution in [0, 0.1) is 0 Å². The minimum absolute atomic E-state index is 0.336. The molecular formula is C13H15ClN2O5. The van der Waals surface area contributed by atoms with Gasteiger partial charge in [-0.2, -0.15) is 0 Å². The summed E-state index contributed by atoms with van der Waals surface area (Å²) in [5.74, 6) is -1.14. The zero-order valence-corrected chi connectivity index (χ0v) is 12.1. The highest BCUT2D eigenvalue weighted by Crippen LogP contribution is 2.22. The molecule has 0 bridgehead atoms. The van der Waals surface area contributed by atoms with Crippen molar-refractivity contribution in [3.05, 3.63) is 29.3 Å². The highest BCUT2D eigenvalue weighted by Gasteiger charge is 2.11. The van der Waals surface area contributed by atoms with E-state index in [0.29, 0.717) is 17.3 Å². The van der Waals surface area contributed by atoms with Crippen molar-refractivity contribution < 1.29 is 23.9 Å². The van der Waals surface area contributed by atoms with E-state index in [1.165, 1.54) is 0 Å². The smallest absolute Gasteiger partial charge is 0.344 e. The Hall–Kier alpha value is -2.28. The van der Waals surface area contributed by atoms with Crippen molar-refractivity contribution in [2.24, 2.45) is 0 Å². The summed E-state index contributed by atoms with van der Waals surface area (Å²) in [6, 6.07) is 5.98. The van der Waals surface area contributed by atoms with Crippen molar-refractivity contribution >= 4 is 29.5 Å². The lowest BCUT2D eigenvalue weighted by Crippen LogP contribution is -2.41. The molecule has 3 amide bonds. The van der Waals surface area contributed by atoms with Gasteiger partial charge in [-0.05, 0) is 19.1 Å². The number of benzene rings is 1. The van der Waals surface area contributed by atoms with Crippen LogP contribution in [0.2, 0.25) is 5.02 Å². The van der Waals surface area contributed by atoms with Gasteiger partial charge in [0.05, 0.1) is 5.02 Å². The summed E-state index contributed by atoms with van der Waals surface area (Å²) >= 11 is 5.84. The van der Waals surface area contributed by atoms with Crippen molar-refractivity contribution in [2.45, 2.75) is 6.92 Å². The molecule has 0 aromatic heterocycles. The van der Waals surface area contributed by atoms with Gasteiger partial charge >= 0.3 is 12.0 Å². The molecule has 0 heterocycles. The number of ether oxygens (including phenoxy) is 2. The molecule has 1 aromatic carbocycles. The normalized spacial score (nSPS) is 9.62. The van der Waals surface area contributed by atoms with E-state index in [0.717, 1.165) is 0 Å². The van der Waals surface area contributed by atoms with Crippen LogP contribution >= 0.6 is 11.6 Å². The van der Waals surface area contributed by atoms with Crippen LogP contribution in [0.1, 0.15) is 6.92 Å². The first kappa shape index (κ1) is 16.8. The average molecular weight is 315 g/mol. The predicted octanol–water partition coefficient (Wildman–Crippen LogP) is 1.11. The lowest BCUT2D eigenvalue weighted by molar-refractivity contribution is -0.150.